The zero-order valence-electron chi connectivity index (χ0n) is 20.1. The van der Waals surface area contributed by atoms with E-state index in [-0.39, 0.29) is 12.2 Å². The van der Waals surface area contributed by atoms with Crippen molar-refractivity contribution in [2.45, 2.75) is 39.5 Å². The number of carbonyl (C=O) groups is 3. The first-order chi connectivity index (χ1) is 17.4. The number of pyridine rings is 1. The quantitative estimate of drug-likeness (QED) is 0.272. The molecule has 1 aliphatic heterocycles. The molecule has 9 nitrogen and oxygen atoms in total. The second-order valence-corrected chi connectivity index (χ2v) is 9.61. The lowest BCUT2D eigenvalue weighted by molar-refractivity contribution is -0.929. The number of amides is 1. The summed E-state index contributed by atoms with van der Waals surface area (Å²) in [6.45, 7) is 5.86. The number of benzene rings is 1. The summed E-state index contributed by atoms with van der Waals surface area (Å²) >= 11 is 1.36. The van der Waals surface area contributed by atoms with Crippen molar-refractivity contribution in [3.63, 3.8) is 0 Å². The zero-order chi connectivity index (χ0) is 25.7. The molecule has 0 fully saturated rings. The summed E-state index contributed by atoms with van der Waals surface area (Å²) in [5.41, 5.74) is 2.68. The Kier molecular flexibility index (Phi) is 7.97. The molecule has 0 aliphatic carbocycles. The van der Waals surface area contributed by atoms with Gasteiger partial charge >= 0.3 is 11.9 Å². The first-order valence-corrected chi connectivity index (χ1v) is 12.6. The molecule has 2 N–H and O–H groups in total. The molecular formula is C26H28N3O6S+. The molecule has 4 rings (SSSR count). The van der Waals surface area contributed by atoms with Crippen molar-refractivity contribution >= 4 is 34.2 Å². The van der Waals surface area contributed by atoms with Crippen LogP contribution in [0.1, 0.15) is 50.6 Å². The van der Waals surface area contributed by atoms with Crippen LogP contribution in [0.3, 0.4) is 0 Å². The number of nitrogens with one attached hydrogen (secondary N) is 2. The molecule has 36 heavy (non-hydrogen) atoms. The van der Waals surface area contributed by atoms with Gasteiger partial charge in [0.15, 0.2) is 18.5 Å². The van der Waals surface area contributed by atoms with Gasteiger partial charge in [-0.1, -0.05) is 30.3 Å². The van der Waals surface area contributed by atoms with Crippen molar-refractivity contribution in [1.82, 2.24) is 0 Å². The second-order valence-electron chi connectivity index (χ2n) is 8.50. The van der Waals surface area contributed by atoms with Crippen molar-refractivity contribution in [2.75, 3.05) is 18.5 Å². The first-order valence-electron chi connectivity index (χ1n) is 11.8. The number of anilines is 1. The summed E-state index contributed by atoms with van der Waals surface area (Å²) < 4.78 is 11.1. The molecule has 3 heterocycles. The summed E-state index contributed by atoms with van der Waals surface area (Å²) in [7, 11) is 0. The minimum absolute atomic E-state index is 0.155. The fraction of sp³-hybridized carbons (Fsp3) is 0.308. The molecule has 0 bridgehead atoms. The number of nitrogens with zero attached hydrogens (tertiary/aromatic N) is 1. The van der Waals surface area contributed by atoms with E-state index in [1.807, 2.05) is 18.2 Å². The highest BCUT2D eigenvalue weighted by atomic mass is 32.1. The Morgan fingerprint density at radius 3 is 2.56 bits per heavy atom. The smallest absolute Gasteiger partial charge is 0.341 e. The fourth-order valence-electron chi connectivity index (χ4n) is 4.12. The minimum Gasteiger partial charge on any atom is -0.619 e. The second kappa shape index (κ2) is 11.3. The van der Waals surface area contributed by atoms with E-state index in [1.54, 1.807) is 6.92 Å². The van der Waals surface area contributed by atoms with E-state index in [9.17, 15) is 19.6 Å². The molecule has 1 amide bonds. The van der Waals surface area contributed by atoms with E-state index >= 15 is 0 Å². The summed E-state index contributed by atoms with van der Waals surface area (Å²) in [4.78, 5) is 40.5. The summed E-state index contributed by atoms with van der Waals surface area (Å²) in [5.74, 6) is -1.76. The van der Waals surface area contributed by atoms with Crippen LogP contribution in [-0.4, -0.2) is 37.1 Å². The number of aromatic nitrogens is 1. The molecule has 10 heteroatoms. The number of ether oxygens (including phenoxy) is 2. The molecule has 0 spiro atoms. The van der Waals surface area contributed by atoms with E-state index < -0.39 is 23.9 Å². The summed E-state index contributed by atoms with van der Waals surface area (Å²) in [6.07, 6.45) is 1.92. The Morgan fingerprint density at radius 1 is 1.14 bits per heavy atom. The third-order valence-electron chi connectivity index (χ3n) is 5.93. The third kappa shape index (κ3) is 5.89. The van der Waals surface area contributed by atoms with Crippen molar-refractivity contribution in [3.8, 4) is 0 Å². The Bertz CT molecular complexity index is 1240. The van der Waals surface area contributed by atoms with Crippen molar-refractivity contribution < 1.29 is 33.5 Å². The van der Waals surface area contributed by atoms with Crippen LogP contribution >= 0.6 is 11.3 Å². The van der Waals surface area contributed by atoms with E-state index in [0.29, 0.717) is 21.7 Å². The topological polar surface area (TPSA) is 113 Å². The van der Waals surface area contributed by atoms with Gasteiger partial charge in [0.2, 0.25) is 0 Å². The predicted octanol–water partition coefficient (Wildman–Crippen LogP) is 1.88. The van der Waals surface area contributed by atoms with Crippen LogP contribution in [0, 0.1) is 5.21 Å². The van der Waals surface area contributed by atoms with E-state index in [0.717, 1.165) is 30.1 Å². The maximum absolute atomic E-state index is 12.9. The van der Waals surface area contributed by atoms with Crippen LogP contribution in [0.15, 0.2) is 54.9 Å². The van der Waals surface area contributed by atoms with Gasteiger partial charge in [-0.2, -0.15) is 4.73 Å². The van der Waals surface area contributed by atoms with Crippen LogP contribution in [0.5, 0.6) is 0 Å². The Morgan fingerprint density at radius 2 is 1.86 bits per heavy atom. The van der Waals surface area contributed by atoms with Crippen LogP contribution < -0.4 is 14.9 Å². The molecule has 188 valence electrons. The highest BCUT2D eigenvalue weighted by molar-refractivity contribution is 7.17. The SMILES string of the molecule is CCOC(=O)c1c(NC(=O)[C@H](C)OC(=O)c2cc[n+]([O-])cc2)sc2c1CC[NH+](Cc1ccccc1)C2. The number of rotatable bonds is 8. The summed E-state index contributed by atoms with van der Waals surface area (Å²) in [5, 5.41) is 14.3. The molecule has 0 saturated heterocycles. The Labute approximate surface area is 212 Å². The highest BCUT2D eigenvalue weighted by Gasteiger charge is 2.32. The molecule has 1 aromatic carbocycles. The largest absolute Gasteiger partial charge is 0.619 e. The van der Waals surface area contributed by atoms with E-state index in [4.69, 9.17) is 9.47 Å². The summed E-state index contributed by atoms with van der Waals surface area (Å²) in [6, 6.07) is 12.9. The van der Waals surface area contributed by atoms with E-state index in [1.165, 1.54) is 53.3 Å². The van der Waals surface area contributed by atoms with Crippen LogP contribution in [0.25, 0.3) is 0 Å². The predicted molar refractivity (Wildman–Crippen MR) is 133 cm³/mol. The number of quaternary nitrogens is 1. The van der Waals surface area contributed by atoms with Gasteiger partial charge in [0.25, 0.3) is 5.91 Å². The third-order valence-corrected chi connectivity index (χ3v) is 7.08. The molecule has 2 atom stereocenters. The minimum atomic E-state index is -1.12. The number of hydrogen-bond acceptors (Lipinski definition) is 7. The molecule has 0 radical (unpaired) electrons. The number of fused-ring (bicyclic) bond motifs is 1. The first kappa shape index (κ1) is 25.3. The normalized spacial score (nSPS) is 15.4. The van der Waals surface area contributed by atoms with Gasteiger partial charge in [-0.3, -0.25) is 4.79 Å². The molecule has 1 aliphatic rings. The van der Waals surface area contributed by atoms with Crippen LogP contribution in [0.4, 0.5) is 5.00 Å². The monoisotopic (exact) mass is 510 g/mol. The van der Waals surface area contributed by atoms with Crippen molar-refractivity contribution in [3.05, 3.63) is 87.2 Å². The lowest BCUT2D eigenvalue weighted by Crippen LogP contribution is -3.10. The lowest BCUT2D eigenvalue weighted by Gasteiger charge is -2.24. The highest BCUT2D eigenvalue weighted by Crippen LogP contribution is 2.35. The fourth-order valence-corrected chi connectivity index (χ4v) is 5.43. The van der Waals surface area contributed by atoms with Crippen molar-refractivity contribution in [1.29, 1.82) is 0 Å². The molecule has 3 aromatic rings. The van der Waals surface area contributed by atoms with Crippen LogP contribution in [0.2, 0.25) is 0 Å². The molecule has 0 saturated carbocycles. The van der Waals surface area contributed by atoms with Gasteiger partial charge in [-0.25, -0.2) is 9.59 Å². The van der Waals surface area contributed by atoms with Crippen molar-refractivity contribution in [2.24, 2.45) is 0 Å². The molecule has 1 unspecified atom stereocenters. The lowest BCUT2D eigenvalue weighted by atomic mass is 10.0. The van der Waals surface area contributed by atoms with Crippen LogP contribution in [-0.2, 0) is 33.8 Å². The average Bonchev–Trinajstić information content (AvgIpc) is 3.22. The average molecular weight is 511 g/mol. The molecular weight excluding hydrogens is 482 g/mol. The van der Waals surface area contributed by atoms with E-state index in [2.05, 4.69) is 17.4 Å². The number of thiophene rings is 1. The molecule has 2 aromatic heterocycles. The van der Waals surface area contributed by atoms with Gasteiger partial charge in [-0.15, -0.1) is 11.3 Å². The van der Waals surface area contributed by atoms with Gasteiger partial charge in [0.1, 0.15) is 18.1 Å². The van der Waals surface area contributed by atoms with Gasteiger partial charge in [-0.05, 0) is 19.4 Å². The van der Waals surface area contributed by atoms with Gasteiger partial charge in [0.05, 0.1) is 29.2 Å². The number of carbonyl (C=O) groups excluding carboxylic acids is 3. The van der Waals surface area contributed by atoms with Gasteiger partial charge in [0, 0.05) is 24.1 Å². The van der Waals surface area contributed by atoms with Gasteiger partial charge < -0.3 is 24.9 Å². The Balaban J connectivity index is 1.49. The Hall–Kier alpha value is -3.76. The maximum Gasteiger partial charge on any atom is 0.341 e. The number of hydrogen-bond donors (Lipinski definition) is 2. The zero-order valence-corrected chi connectivity index (χ0v) is 20.9. The maximum atomic E-state index is 12.9. The standard InChI is InChI=1S/C26H27N3O6S/c1-3-34-26(32)22-20-11-12-28(15-18-7-5-4-6-8-18)16-21(20)36-24(22)27-23(30)17(2)35-25(31)19-9-13-29(33)14-10-19/h4-10,13-14,17H,3,11-12,15-16H2,1-2H3,(H,27,30)/p+1/t17-/m0/s1. The number of esters is 2.